The number of hydrogen-bond donors (Lipinski definition) is 0. The molecular weight excluding hydrogens is 332 g/mol. The maximum absolute atomic E-state index is 6.10. The van der Waals surface area contributed by atoms with Gasteiger partial charge < -0.3 is 4.42 Å². The van der Waals surface area contributed by atoms with Crippen LogP contribution in [0.25, 0.3) is 44.5 Å². The lowest BCUT2D eigenvalue weighted by molar-refractivity contribution is 0.654. The monoisotopic (exact) mass is 350 g/mol. The Hall–Kier alpha value is -3.46. The van der Waals surface area contributed by atoms with Crippen molar-refractivity contribution in [2.75, 3.05) is 0 Å². The molecular formula is C24H18N2O. The summed E-state index contributed by atoms with van der Waals surface area (Å²) >= 11 is 0. The standard InChI is InChI=1S/C24H18N2O/c1-15-5-3-6-17(13-15)18-9-11-21(26-14-18)22-16(2)8-10-19-20-7-4-12-25-24(20)27-23(19)22/h3-14H,1-2H3. The van der Waals surface area contributed by atoms with E-state index in [0.29, 0.717) is 5.71 Å². The highest BCUT2D eigenvalue weighted by Crippen LogP contribution is 2.36. The summed E-state index contributed by atoms with van der Waals surface area (Å²) in [4.78, 5) is 9.11. The van der Waals surface area contributed by atoms with Crippen molar-refractivity contribution in [1.29, 1.82) is 0 Å². The van der Waals surface area contributed by atoms with E-state index in [1.54, 1.807) is 6.20 Å². The predicted octanol–water partition coefficient (Wildman–Crippen LogP) is 6.33. The van der Waals surface area contributed by atoms with Gasteiger partial charge in [-0.3, -0.25) is 4.98 Å². The summed E-state index contributed by atoms with van der Waals surface area (Å²) in [5.41, 5.74) is 8.12. The van der Waals surface area contributed by atoms with Crippen LogP contribution < -0.4 is 0 Å². The fraction of sp³-hybridized carbons (Fsp3) is 0.0833. The van der Waals surface area contributed by atoms with Crippen molar-refractivity contribution >= 4 is 22.1 Å². The number of aryl methyl sites for hydroxylation is 2. The molecule has 2 aromatic carbocycles. The first kappa shape index (κ1) is 15.8. The summed E-state index contributed by atoms with van der Waals surface area (Å²) in [6.45, 7) is 4.19. The van der Waals surface area contributed by atoms with Crippen molar-refractivity contribution in [3.05, 3.63) is 84.2 Å². The summed E-state index contributed by atoms with van der Waals surface area (Å²) in [6, 6.07) is 20.9. The molecule has 5 rings (SSSR count). The van der Waals surface area contributed by atoms with E-state index in [-0.39, 0.29) is 0 Å². The highest BCUT2D eigenvalue weighted by atomic mass is 16.3. The Kier molecular flexibility index (Phi) is 3.54. The van der Waals surface area contributed by atoms with Crippen molar-refractivity contribution < 1.29 is 4.42 Å². The molecule has 5 aromatic rings. The minimum absolute atomic E-state index is 0.663. The molecule has 0 unspecified atom stereocenters. The largest absolute Gasteiger partial charge is 0.437 e. The number of rotatable bonds is 2. The molecule has 0 saturated carbocycles. The smallest absolute Gasteiger partial charge is 0.227 e. The van der Waals surface area contributed by atoms with Gasteiger partial charge in [0.15, 0.2) is 0 Å². The number of benzene rings is 2. The van der Waals surface area contributed by atoms with E-state index in [4.69, 9.17) is 9.40 Å². The molecule has 3 heterocycles. The number of fused-ring (bicyclic) bond motifs is 3. The van der Waals surface area contributed by atoms with E-state index in [1.165, 1.54) is 11.1 Å². The van der Waals surface area contributed by atoms with E-state index in [1.807, 2.05) is 18.3 Å². The first-order chi connectivity index (χ1) is 13.2. The zero-order valence-corrected chi connectivity index (χ0v) is 15.2. The van der Waals surface area contributed by atoms with Crippen LogP contribution in [0.2, 0.25) is 0 Å². The molecule has 3 nitrogen and oxygen atoms in total. The number of nitrogens with zero attached hydrogens (tertiary/aromatic N) is 2. The third kappa shape index (κ3) is 2.59. The van der Waals surface area contributed by atoms with Crippen LogP contribution in [-0.4, -0.2) is 9.97 Å². The quantitative estimate of drug-likeness (QED) is 0.373. The molecule has 0 N–H and O–H groups in total. The maximum Gasteiger partial charge on any atom is 0.227 e. The molecule has 0 bridgehead atoms. The number of pyridine rings is 2. The van der Waals surface area contributed by atoms with Gasteiger partial charge in [-0.2, -0.15) is 0 Å². The summed E-state index contributed by atoms with van der Waals surface area (Å²) in [5.74, 6) is 0. The van der Waals surface area contributed by atoms with Gasteiger partial charge in [-0.05, 0) is 43.2 Å². The highest BCUT2D eigenvalue weighted by molar-refractivity contribution is 6.08. The van der Waals surface area contributed by atoms with Gasteiger partial charge in [0.05, 0.1) is 5.69 Å². The van der Waals surface area contributed by atoms with Crippen molar-refractivity contribution in [3.8, 4) is 22.4 Å². The molecule has 130 valence electrons. The zero-order chi connectivity index (χ0) is 18.4. The van der Waals surface area contributed by atoms with Crippen LogP contribution >= 0.6 is 0 Å². The molecule has 0 spiro atoms. The molecule has 0 atom stereocenters. The molecule has 0 aliphatic heterocycles. The molecule has 0 radical (unpaired) electrons. The fourth-order valence-electron chi connectivity index (χ4n) is 3.63. The van der Waals surface area contributed by atoms with Gasteiger partial charge in [-0.1, -0.05) is 48.0 Å². The third-order valence-corrected chi connectivity index (χ3v) is 5.00. The Morgan fingerprint density at radius 1 is 0.778 bits per heavy atom. The van der Waals surface area contributed by atoms with Crippen LogP contribution in [0.3, 0.4) is 0 Å². The molecule has 0 saturated heterocycles. The van der Waals surface area contributed by atoms with Gasteiger partial charge in [0.25, 0.3) is 0 Å². The van der Waals surface area contributed by atoms with Crippen molar-refractivity contribution in [2.45, 2.75) is 13.8 Å². The van der Waals surface area contributed by atoms with Crippen molar-refractivity contribution in [1.82, 2.24) is 9.97 Å². The maximum atomic E-state index is 6.10. The summed E-state index contributed by atoms with van der Waals surface area (Å²) in [6.07, 6.45) is 3.69. The average Bonchev–Trinajstić information content (AvgIpc) is 3.06. The second-order valence-corrected chi connectivity index (χ2v) is 6.89. The minimum Gasteiger partial charge on any atom is -0.437 e. The summed E-state index contributed by atoms with van der Waals surface area (Å²) in [5, 5.41) is 2.10. The first-order valence-corrected chi connectivity index (χ1v) is 9.01. The Morgan fingerprint density at radius 2 is 1.70 bits per heavy atom. The average molecular weight is 350 g/mol. The Bertz CT molecular complexity index is 1280. The molecule has 3 aromatic heterocycles. The van der Waals surface area contributed by atoms with Crippen LogP contribution in [0.5, 0.6) is 0 Å². The third-order valence-electron chi connectivity index (χ3n) is 5.00. The Morgan fingerprint density at radius 3 is 2.52 bits per heavy atom. The van der Waals surface area contributed by atoms with E-state index in [0.717, 1.165) is 38.7 Å². The van der Waals surface area contributed by atoms with Gasteiger partial charge in [0.2, 0.25) is 5.71 Å². The first-order valence-electron chi connectivity index (χ1n) is 9.01. The second-order valence-electron chi connectivity index (χ2n) is 6.89. The molecule has 0 amide bonds. The topological polar surface area (TPSA) is 38.9 Å². The molecule has 0 aliphatic rings. The molecule has 0 fully saturated rings. The van der Waals surface area contributed by atoms with Gasteiger partial charge in [-0.25, -0.2) is 4.98 Å². The second kappa shape index (κ2) is 6.06. The number of aromatic nitrogens is 2. The van der Waals surface area contributed by atoms with Crippen LogP contribution in [0, 0.1) is 13.8 Å². The fourth-order valence-corrected chi connectivity index (χ4v) is 3.63. The molecule has 3 heteroatoms. The summed E-state index contributed by atoms with van der Waals surface area (Å²) < 4.78 is 6.10. The lowest BCUT2D eigenvalue weighted by Crippen LogP contribution is -1.89. The van der Waals surface area contributed by atoms with Gasteiger partial charge in [-0.15, -0.1) is 0 Å². The minimum atomic E-state index is 0.663. The van der Waals surface area contributed by atoms with Crippen molar-refractivity contribution in [2.24, 2.45) is 0 Å². The number of furan rings is 1. The van der Waals surface area contributed by atoms with Crippen molar-refractivity contribution in [3.63, 3.8) is 0 Å². The molecule has 0 aliphatic carbocycles. The Balaban J connectivity index is 1.68. The van der Waals surface area contributed by atoms with Crippen LogP contribution in [0.1, 0.15) is 11.1 Å². The van der Waals surface area contributed by atoms with Gasteiger partial charge in [0.1, 0.15) is 5.58 Å². The van der Waals surface area contributed by atoms with E-state index >= 15 is 0 Å². The lowest BCUT2D eigenvalue weighted by Gasteiger charge is -2.08. The van der Waals surface area contributed by atoms with Gasteiger partial charge in [0, 0.05) is 34.3 Å². The normalized spacial score (nSPS) is 11.3. The van der Waals surface area contributed by atoms with Crippen LogP contribution in [0.15, 0.2) is 77.5 Å². The lowest BCUT2D eigenvalue weighted by atomic mass is 10.00. The summed E-state index contributed by atoms with van der Waals surface area (Å²) in [7, 11) is 0. The zero-order valence-electron chi connectivity index (χ0n) is 15.2. The van der Waals surface area contributed by atoms with Crippen LogP contribution in [-0.2, 0) is 0 Å². The van der Waals surface area contributed by atoms with E-state index in [2.05, 4.69) is 67.4 Å². The Labute approximate surface area is 157 Å². The highest BCUT2D eigenvalue weighted by Gasteiger charge is 2.16. The number of hydrogen-bond acceptors (Lipinski definition) is 3. The SMILES string of the molecule is Cc1cccc(-c2ccc(-c3c(C)ccc4c3oc3ncccc34)nc2)c1. The van der Waals surface area contributed by atoms with E-state index in [9.17, 15) is 0 Å². The molecule has 27 heavy (non-hydrogen) atoms. The van der Waals surface area contributed by atoms with Crippen LogP contribution in [0.4, 0.5) is 0 Å². The van der Waals surface area contributed by atoms with E-state index < -0.39 is 0 Å². The van der Waals surface area contributed by atoms with Gasteiger partial charge >= 0.3 is 0 Å². The predicted molar refractivity (Wildman–Crippen MR) is 110 cm³/mol.